The zero-order chi connectivity index (χ0) is 21.4. The van der Waals surface area contributed by atoms with E-state index in [0.717, 1.165) is 51.3 Å². The molecule has 0 saturated carbocycles. The van der Waals surface area contributed by atoms with Crippen molar-refractivity contribution in [3.63, 3.8) is 0 Å². The van der Waals surface area contributed by atoms with Crippen LogP contribution in [-0.4, -0.2) is 65.6 Å². The molecule has 0 aliphatic carbocycles. The number of amides is 2. The second-order valence-corrected chi connectivity index (χ2v) is 8.54. The largest absolute Gasteiger partial charge is 0.447 e. The van der Waals surface area contributed by atoms with E-state index >= 15 is 0 Å². The lowest BCUT2D eigenvalue weighted by Gasteiger charge is -2.54. The summed E-state index contributed by atoms with van der Waals surface area (Å²) in [4.78, 5) is 31.4. The normalized spacial score (nSPS) is 23.8. The van der Waals surface area contributed by atoms with Crippen LogP contribution >= 0.6 is 0 Å². The van der Waals surface area contributed by atoms with Gasteiger partial charge in [-0.1, -0.05) is 0 Å². The number of pyridine rings is 1. The number of nitrogens with one attached hydrogen (secondary N) is 1. The Bertz CT molecular complexity index is 783. The molecule has 30 heavy (non-hydrogen) atoms. The van der Waals surface area contributed by atoms with Crippen molar-refractivity contribution in [2.45, 2.75) is 44.4 Å². The first-order valence-electron chi connectivity index (χ1n) is 10.2. The van der Waals surface area contributed by atoms with Gasteiger partial charge >= 0.3 is 12.3 Å². The minimum atomic E-state index is -4.37. The van der Waals surface area contributed by atoms with Crippen molar-refractivity contribution in [3.8, 4) is 0 Å². The van der Waals surface area contributed by atoms with E-state index in [1.807, 2.05) is 4.90 Å². The first-order valence-corrected chi connectivity index (χ1v) is 10.2. The van der Waals surface area contributed by atoms with Crippen molar-refractivity contribution >= 4 is 12.0 Å². The van der Waals surface area contributed by atoms with E-state index < -0.39 is 17.8 Å². The van der Waals surface area contributed by atoms with Crippen LogP contribution in [0.2, 0.25) is 0 Å². The quantitative estimate of drug-likeness (QED) is 0.783. The summed E-state index contributed by atoms with van der Waals surface area (Å²) in [7, 11) is 0. The van der Waals surface area contributed by atoms with Crippen LogP contribution < -0.4 is 5.32 Å². The second kappa shape index (κ2) is 8.05. The van der Waals surface area contributed by atoms with Crippen LogP contribution in [0.15, 0.2) is 18.3 Å². The molecule has 0 radical (unpaired) electrons. The third-order valence-corrected chi connectivity index (χ3v) is 6.30. The van der Waals surface area contributed by atoms with Gasteiger partial charge in [-0.05, 0) is 44.5 Å². The van der Waals surface area contributed by atoms with Crippen LogP contribution in [0.1, 0.15) is 36.9 Å². The van der Waals surface area contributed by atoms with Gasteiger partial charge in [-0.3, -0.25) is 14.7 Å². The monoisotopic (exact) mass is 426 g/mol. The molecule has 4 heterocycles. The van der Waals surface area contributed by atoms with Crippen LogP contribution in [0.3, 0.4) is 0 Å². The summed E-state index contributed by atoms with van der Waals surface area (Å²) in [5.74, 6) is 0.109. The van der Waals surface area contributed by atoms with Crippen LogP contribution in [0.5, 0.6) is 0 Å². The Kier molecular flexibility index (Phi) is 5.61. The van der Waals surface area contributed by atoms with Gasteiger partial charge in [0.2, 0.25) is 5.91 Å². The molecule has 0 aromatic carbocycles. The summed E-state index contributed by atoms with van der Waals surface area (Å²) >= 11 is 0. The zero-order valence-corrected chi connectivity index (χ0v) is 16.6. The minimum Gasteiger partial charge on any atom is -0.447 e. The highest BCUT2D eigenvalue weighted by molar-refractivity contribution is 5.77. The fourth-order valence-corrected chi connectivity index (χ4v) is 4.39. The van der Waals surface area contributed by atoms with Crippen molar-refractivity contribution in [1.29, 1.82) is 0 Å². The summed E-state index contributed by atoms with van der Waals surface area (Å²) in [5, 5.41) is 2.68. The summed E-state index contributed by atoms with van der Waals surface area (Å²) < 4.78 is 42.7. The molecule has 3 aliphatic rings. The molecule has 1 aromatic rings. The number of carbonyl (C=O) groups excluding carboxylic acids is 2. The Morgan fingerprint density at radius 2 is 2.00 bits per heavy atom. The number of hydrogen-bond acceptors (Lipinski definition) is 5. The zero-order valence-electron chi connectivity index (χ0n) is 16.6. The number of alkyl halides is 3. The van der Waals surface area contributed by atoms with Gasteiger partial charge in [0, 0.05) is 37.7 Å². The molecule has 3 saturated heterocycles. The molecular formula is C20H25F3N4O3. The fourth-order valence-electron chi connectivity index (χ4n) is 4.39. The standard InChI is InChI=1S/C20H25F3N4O3/c21-20(22,23)14-1-2-15(24-9-14)10-26-7-5-19(6-8-26)12-27(13-19)17(28)4-3-16-11-30-18(29)25-16/h1-2,9,16H,3-8,10-13H2,(H,25,29)/t16-/m1/s1. The molecule has 2 amide bonds. The Balaban J connectivity index is 1.18. The van der Waals surface area contributed by atoms with Gasteiger partial charge in [0.1, 0.15) is 6.61 Å². The lowest BCUT2D eigenvalue weighted by molar-refractivity contribution is -0.147. The molecule has 1 N–H and O–H groups in total. The van der Waals surface area contributed by atoms with Crippen LogP contribution in [0.4, 0.5) is 18.0 Å². The van der Waals surface area contributed by atoms with E-state index in [1.54, 1.807) is 0 Å². The fraction of sp³-hybridized carbons (Fsp3) is 0.650. The average molecular weight is 426 g/mol. The van der Waals surface area contributed by atoms with Gasteiger partial charge in [0.05, 0.1) is 17.3 Å². The lowest BCUT2D eigenvalue weighted by atomic mass is 9.72. The van der Waals surface area contributed by atoms with Gasteiger partial charge < -0.3 is 15.0 Å². The smallest absolute Gasteiger partial charge is 0.417 e. The van der Waals surface area contributed by atoms with Crippen molar-refractivity contribution < 1.29 is 27.5 Å². The third-order valence-electron chi connectivity index (χ3n) is 6.30. The molecule has 164 valence electrons. The molecule has 1 atom stereocenters. The van der Waals surface area contributed by atoms with E-state index in [0.29, 0.717) is 31.7 Å². The number of aromatic nitrogens is 1. The molecule has 7 nitrogen and oxygen atoms in total. The number of halogens is 3. The van der Waals surface area contributed by atoms with E-state index in [1.165, 1.54) is 6.07 Å². The molecular weight excluding hydrogens is 401 g/mol. The van der Waals surface area contributed by atoms with Gasteiger partial charge in [0.25, 0.3) is 0 Å². The maximum atomic E-state index is 12.6. The van der Waals surface area contributed by atoms with Crippen LogP contribution in [0, 0.1) is 5.41 Å². The number of piperidine rings is 1. The number of nitrogens with zero attached hydrogens (tertiary/aromatic N) is 3. The van der Waals surface area contributed by atoms with Crippen molar-refractivity contribution in [2.24, 2.45) is 5.41 Å². The summed E-state index contributed by atoms with van der Waals surface area (Å²) in [6, 6.07) is 2.43. The molecule has 10 heteroatoms. The number of cyclic esters (lactones) is 1. The van der Waals surface area contributed by atoms with Gasteiger partial charge in [0.15, 0.2) is 0 Å². The van der Waals surface area contributed by atoms with E-state index in [9.17, 15) is 22.8 Å². The van der Waals surface area contributed by atoms with E-state index in [2.05, 4.69) is 15.2 Å². The highest BCUT2D eigenvalue weighted by atomic mass is 19.4. The van der Waals surface area contributed by atoms with Crippen molar-refractivity contribution in [2.75, 3.05) is 32.8 Å². The maximum Gasteiger partial charge on any atom is 0.417 e. The highest BCUT2D eigenvalue weighted by Gasteiger charge is 2.46. The van der Waals surface area contributed by atoms with Crippen LogP contribution in [-0.2, 0) is 22.3 Å². The Hall–Kier alpha value is -2.36. The maximum absolute atomic E-state index is 12.6. The number of alkyl carbamates (subject to hydrolysis) is 1. The molecule has 1 spiro atoms. The predicted octanol–water partition coefficient (Wildman–Crippen LogP) is 2.41. The lowest BCUT2D eigenvalue weighted by Crippen LogP contribution is -2.61. The first kappa shape index (κ1) is 20.9. The Morgan fingerprint density at radius 1 is 1.27 bits per heavy atom. The second-order valence-electron chi connectivity index (χ2n) is 8.54. The summed E-state index contributed by atoms with van der Waals surface area (Å²) in [5.41, 5.74) is 0.0583. The molecule has 3 aliphatic heterocycles. The number of likely N-dealkylation sites (tertiary alicyclic amines) is 2. The van der Waals surface area contributed by atoms with E-state index in [4.69, 9.17) is 4.74 Å². The SMILES string of the molecule is O=C1N[C@H](CCC(=O)N2CC3(CCN(Cc4ccc(C(F)(F)F)cn4)CC3)C2)CO1. The van der Waals surface area contributed by atoms with Crippen molar-refractivity contribution in [3.05, 3.63) is 29.6 Å². The summed E-state index contributed by atoms with van der Waals surface area (Å²) in [6.07, 6.45) is -0.991. The van der Waals surface area contributed by atoms with E-state index in [-0.39, 0.29) is 17.4 Å². The third kappa shape index (κ3) is 4.69. The number of hydrogen-bond donors (Lipinski definition) is 1. The summed E-state index contributed by atoms with van der Waals surface area (Å²) in [6.45, 7) is 4.05. The van der Waals surface area contributed by atoms with Gasteiger partial charge in [-0.25, -0.2) is 4.79 Å². The first-order chi connectivity index (χ1) is 14.2. The Morgan fingerprint density at radius 3 is 2.57 bits per heavy atom. The Labute approximate surface area is 172 Å². The molecule has 0 unspecified atom stereocenters. The van der Waals surface area contributed by atoms with Gasteiger partial charge in [-0.15, -0.1) is 0 Å². The molecule has 4 rings (SSSR count). The molecule has 3 fully saturated rings. The minimum absolute atomic E-state index is 0.0845. The topological polar surface area (TPSA) is 74.8 Å². The number of rotatable bonds is 5. The predicted molar refractivity (Wildman–Crippen MR) is 100 cm³/mol. The highest BCUT2D eigenvalue weighted by Crippen LogP contribution is 2.41. The molecule has 1 aromatic heterocycles. The van der Waals surface area contributed by atoms with Gasteiger partial charge in [-0.2, -0.15) is 13.2 Å². The number of ether oxygens (including phenoxy) is 1. The van der Waals surface area contributed by atoms with Crippen LogP contribution in [0.25, 0.3) is 0 Å². The van der Waals surface area contributed by atoms with Crippen molar-refractivity contribution in [1.82, 2.24) is 20.1 Å². The average Bonchev–Trinajstić information content (AvgIpc) is 3.10. The number of carbonyl (C=O) groups is 2. The molecule has 0 bridgehead atoms.